The Morgan fingerprint density at radius 3 is 2.05 bits per heavy atom. The van der Waals surface area contributed by atoms with Gasteiger partial charge in [-0.3, -0.25) is 0 Å². The molecule has 0 aromatic heterocycles. The number of hydrogen-bond donors (Lipinski definition) is 1. The zero-order chi connectivity index (χ0) is 28.8. The fourth-order valence-electron chi connectivity index (χ4n) is 5.72. The third kappa shape index (κ3) is 5.07. The molecule has 6 nitrogen and oxygen atoms in total. The van der Waals surface area contributed by atoms with Crippen molar-refractivity contribution in [2.24, 2.45) is 0 Å². The van der Waals surface area contributed by atoms with Crippen LogP contribution in [0.3, 0.4) is 0 Å². The summed E-state index contributed by atoms with van der Waals surface area (Å²) in [6.45, 7) is 8.49. The predicted molar refractivity (Wildman–Crippen MR) is 160 cm³/mol. The van der Waals surface area contributed by atoms with Crippen molar-refractivity contribution < 1.29 is 18.8 Å². The standard InChI is InChI=1S/C34H35BN2O4/c1-32(2)33(3,4)41-35(40-32)25(19-23-13-15-24(16-14-23)34(22-36)17-18-34)20-37-31(38)39-21-30-28-11-7-5-9-26(28)27-10-6-8-12-29(27)30/h5-16,19,30H,17-18,20-21H2,1-4H3,(H,37,38). The lowest BCUT2D eigenvalue weighted by atomic mass is 9.77. The summed E-state index contributed by atoms with van der Waals surface area (Å²) in [6, 6.07) is 27.1. The van der Waals surface area contributed by atoms with Crippen LogP contribution in [0.5, 0.6) is 0 Å². The third-order valence-corrected chi connectivity index (χ3v) is 9.12. The van der Waals surface area contributed by atoms with Gasteiger partial charge in [-0.05, 0) is 79.4 Å². The van der Waals surface area contributed by atoms with E-state index in [0.29, 0.717) is 0 Å². The molecule has 0 atom stereocenters. The highest BCUT2D eigenvalue weighted by Crippen LogP contribution is 2.47. The van der Waals surface area contributed by atoms with E-state index in [9.17, 15) is 10.1 Å². The molecule has 1 aliphatic heterocycles. The SMILES string of the molecule is CC1(C)OB(C(=Cc2ccc(C3(C#N)CC3)cc2)CNC(=O)OCC2c3ccccc3-c3ccccc32)OC1(C)C. The lowest BCUT2D eigenvalue weighted by molar-refractivity contribution is 0.00578. The van der Waals surface area contributed by atoms with E-state index in [2.05, 4.69) is 35.7 Å². The van der Waals surface area contributed by atoms with E-state index in [1.807, 2.05) is 82.3 Å². The summed E-state index contributed by atoms with van der Waals surface area (Å²) in [6.07, 6.45) is 3.31. The van der Waals surface area contributed by atoms with Crippen molar-refractivity contribution in [3.05, 3.63) is 101 Å². The number of nitrogens with one attached hydrogen (secondary N) is 1. The minimum Gasteiger partial charge on any atom is -0.449 e. The van der Waals surface area contributed by atoms with Gasteiger partial charge in [0.1, 0.15) is 6.61 Å². The molecule has 7 heteroatoms. The summed E-state index contributed by atoms with van der Waals surface area (Å²) in [4.78, 5) is 13.0. The number of carbonyl (C=O) groups is 1. The second-order valence-corrected chi connectivity index (χ2v) is 12.3. The molecule has 1 N–H and O–H groups in total. The van der Waals surface area contributed by atoms with E-state index in [-0.39, 0.29) is 24.5 Å². The Bertz CT molecular complexity index is 1490. The molecule has 1 saturated heterocycles. The topological polar surface area (TPSA) is 80.6 Å². The lowest BCUT2D eigenvalue weighted by Gasteiger charge is -2.32. The van der Waals surface area contributed by atoms with Crippen molar-refractivity contribution in [3.8, 4) is 17.2 Å². The molecule has 1 amide bonds. The molecule has 3 aromatic carbocycles. The van der Waals surface area contributed by atoms with Crippen LogP contribution in [0.4, 0.5) is 4.79 Å². The molecule has 1 saturated carbocycles. The van der Waals surface area contributed by atoms with Gasteiger partial charge < -0.3 is 19.4 Å². The van der Waals surface area contributed by atoms with Gasteiger partial charge in [0, 0.05) is 12.5 Å². The zero-order valence-corrected chi connectivity index (χ0v) is 24.1. The molecule has 0 unspecified atom stereocenters. The van der Waals surface area contributed by atoms with Crippen LogP contribution in [-0.4, -0.2) is 37.6 Å². The number of ether oxygens (including phenoxy) is 1. The van der Waals surface area contributed by atoms with Crippen LogP contribution in [0.1, 0.15) is 68.7 Å². The van der Waals surface area contributed by atoms with Crippen LogP contribution in [0.15, 0.2) is 78.3 Å². The first-order valence-corrected chi connectivity index (χ1v) is 14.3. The van der Waals surface area contributed by atoms with E-state index in [0.717, 1.165) is 29.4 Å². The Morgan fingerprint density at radius 1 is 0.951 bits per heavy atom. The second-order valence-electron chi connectivity index (χ2n) is 12.3. The predicted octanol–water partition coefficient (Wildman–Crippen LogP) is 6.80. The molecule has 2 aliphatic carbocycles. The number of fused-ring (bicyclic) bond motifs is 3. The van der Waals surface area contributed by atoms with Crippen molar-refractivity contribution in [2.75, 3.05) is 13.2 Å². The summed E-state index contributed by atoms with van der Waals surface area (Å²) in [5.41, 5.74) is 6.14. The van der Waals surface area contributed by atoms with Gasteiger partial charge in [0.15, 0.2) is 0 Å². The summed E-state index contributed by atoms with van der Waals surface area (Å²) in [7, 11) is -0.623. The number of carbonyl (C=O) groups excluding carboxylic acids is 1. The van der Waals surface area contributed by atoms with E-state index in [1.54, 1.807) is 0 Å². The van der Waals surface area contributed by atoms with Crippen LogP contribution >= 0.6 is 0 Å². The summed E-state index contributed by atoms with van der Waals surface area (Å²) in [5.74, 6) is -0.00653. The first kappa shape index (κ1) is 27.3. The lowest BCUT2D eigenvalue weighted by Crippen LogP contribution is -2.41. The maximum absolute atomic E-state index is 13.0. The number of nitriles is 1. The van der Waals surface area contributed by atoms with Gasteiger partial charge in [0.2, 0.25) is 0 Å². The average Bonchev–Trinajstić information content (AvgIpc) is 3.65. The first-order chi connectivity index (χ1) is 19.6. The smallest absolute Gasteiger partial charge is 0.449 e. The van der Waals surface area contributed by atoms with Crippen LogP contribution in [-0.2, 0) is 19.5 Å². The highest BCUT2D eigenvalue weighted by atomic mass is 16.7. The minimum atomic E-state index is -0.623. The maximum Gasteiger partial charge on any atom is 0.492 e. The third-order valence-electron chi connectivity index (χ3n) is 9.12. The van der Waals surface area contributed by atoms with Gasteiger partial charge in [-0.25, -0.2) is 4.79 Å². The Kier molecular flexibility index (Phi) is 6.80. The molecular formula is C34H35BN2O4. The Balaban J connectivity index is 1.17. The van der Waals surface area contributed by atoms with Crippen LogP contribution in [0.25, 0.3) is 17.2 Å². The maximum atomic E-state index is 13.0. The van der Waals surface area contributed by atoms with Crippen molar-refractivity contribution in [3.63, 3.8) is 0 Å². The van der Waals surface area contributed by atoms with E-state index < -0.39 is 24.4 Å². The molecular weight excluding hydrogens is 511 g/mol. The normalized spacial score (nSPS) is 19.7. The molecule has 208 valence electrons. The molecule has 3 aliphatic rings. The molecule has 3 aromatic rings. The largest absolute Gasteiger partial charge is 0.492 e. The molecule has 1 heterocycles. The Hall–Kier alpha value is -3.86. The van der Waals surface area contributed by atoms with Crippen molar-refractivity contribution in [2.45, 2.75) is 63.1 Å². The zero-order valence-electron chi connectivity index (χ0n) is 24.1. The Morgan fingerprint density at radius 2 is 1.51 bits per heavy atom. The highest BCUT2D eigenvalue weighted by Gasteiger charge is 2.52. The van der Waals surface area contributed by atoms with Crippen molar-refractivity contribution >= 4 is 19.3 Å². The Labute approximate surface area is 242 Å². The second kappa shape index (κ2) is 10.2. The summed E-state index contributed by atoms with van der Waals surface area (Å²) in [5, 5.41) is 12.5. The van der Waals surface area contributed by atoms with Crippen LogP contribution in [0.2, 0.25) is 0 Å². The number of hydrogen-bond acceptors (Lipinski definition) is 5. The average molecular weight is 546 g/mol. The van der Waals surface area contributed by atoms with E-state index in [1.165, 1.54) is 22.3 Å². The molecule has 0 bridgehead atoms. The first-order valence-electron chi connectivity index (χ1n) is 14.3. The fourth-order valence-corrected chi connectivity index (χ4v) is 5.72. The number of rotatable bonds is 7. The molecule has 0 spiro atoms. The number of nitrogens with zero attached hydrogens (tertiary/aromatic N) is 1. The number of amides is 1. The monoisotopic (exact) mass is 546 g/mol. The molecule has 2 fully saturated rings. The highest BCUT2D eigenvalue weighted by molar-refractivity contribution is 6.56. The van der Waals surface area contributed by atoms with Crippen LogP contribution in [0, 0.1) is 11.3 Å². The molecule has 6 rings (SSSR count). The molecule has 41 heavy (non-hydrogen) atoms. The van der Waals surface area contributed by atoms with E-state index >= 15 is 0 Å². The van der Waals surface area contributed by atoms with Crippen LogP contribution < -0.4 is 5.32 Å². The van der Waals surface area contributed by atoms with Gasteiger partial charge in [0.05, 0.1) is 22.7 Å². The van der Waals surface area contributed by atoms with E-state index in [4.69, 9.17) is 14.0 Å². The van der Waals surface area contributed by atoms with Gasteiger partial charge in [-0.1, -0.05) is 78.9 Å². The van der Waals surface area contributed by atoms with Crippen molar-refractivity contribution in [1.29, 1.82) is 5.26 Å². The minimum absolute atomic E-state index is 0.00653. The summed E-state index contributed by atoms with van der Waals surface area (Å²) >= 11 is 0. The fraction of sp³-hybridized carbons (Fsp3) is 0.353. The van der Waals surface area contributed by atoms with Crippen molar-refractivity contribution in [1.82, 2.24) is 5.32 Å². The van der Waals surface area contributed by atoms with Gasteiger partial charge in [-0.2, -0.15) is 5.26 Å². The van der Waals surface area contributed by atoms with Gasteiger partial charge in [-0.15, -0.1) is 0 Å². The van der Waals surface area contributed by atoms with Gasteiger partial charge >= 0.3 is 13.2 Å². The summed E-state index contributed by atoms with van der Waals surface area (Å²) < 4.78 is 18.4. The van der Waals surface area contributed by atoms with Gasteiger partial charge in [0.25, 0.3) is 0 Å². The number of benzene rings is 3. The number of alkyl carbamates (subject to hydrolysis) is 1. The molecule has 0 radical (unpaired) electrons. The quantitative estimate of drug-likeness (QED) is 0.330.